The van der Waals surface area contributed by atoms with Gasteiger partial charge in [0.25, 0.3) is 0 Å². The van der Waals surface area contributed by atoms with Crippen LogP contribution in [0.25, 0.3) is 0 Å². The molecule has 1 heterocycles. The Balaban J connectivity index is 1.52. The minimum absolute atomic E-state index is 0.00406. The number of hydrogen-bond acceptors (Lipinski definition) is 3. The predicted octanol–water partition coefficient (Wildman–Crippen LogP) is 3.75. The number of carbonyl (C=O) groups excluding carboxylic acids is 1. The molecule has 1 fully saturated rings. The first-order valence-corrected chi connectivity index (χ1v) is 8.71. The number of amides is 1. The Kier molecular flexibility index (Phi) is 4.56. The Labute approximate surface area is 152 Å². The molecule has 1 amide bonds. The van der Waals surface area contributed by atoms with Gasteiger partial charge in [-0.2, -0.15) is 5.10 Å². The van der Waals surface area contributed by atoms with Gasteiger partial charge < -0.3 is 0 Å². The highest BCUT2D eigenvalue weighted by Crippen LogP contribution is 2.47. The Hall–Kier alpha value is -3.27. The fourth-order valence-corrected chi connectivity index (χ4v) is 3.15. The zero-order chi connectivity index (χ0) is 17.8. The summed E-state index contributed by atoms with van der Waals surface area (Å²) >= 11 is 0. The molecule has 26 heavy (non-hydrogen) atoms. The first kappa shape index (κ1) is 16.2. The normalized spacial score (nSPS) is 19.0. The number of hydrazone groups is 1. The fourth-order valence-electron chi connectivity index (χ4n) is 3.15. The molecule has 4 nitrogen and oxygen atoms in total. The maximum absolute atomic E-state index is 12.5. The summed E-state index contributed by atoms with van der Waals surface area (Å²) in [5.74, 6) is 0.268. The molecule has 1 N–H and O–H groups in total. The molecule has 1 saturated carbocycles. The zero-order valence-electron chi connectivity index (χ0n) is 14.2. The van der Waals surface area contributed by atoms with Crippen molar-refractivity contribution in [3.05, 3.63) is 102 Å². The van der Waals surface area contributed by atoms with Gasteiger partial charge in [0.15, 0.2) is 0 Å². The van der Waals surface area contributed by atoms with Crippen LogP contribution in [0.15, 0.2) is 90.3 Å². The molecule has 128 valence electrons. The Morgan fingerprint density at radius 2 is 1.50 bits per heavy atom. The van der Waals surface area contributed by atoms with Gasteiger partial charge in [-0.1, -0.05) is 60.7 Å². The standard InChI is InChI=1S/C22H19N3O/c26-22(20-15-19(20)16-7-3-1-4-8-16)25-24-21(17-9-5-2-6-10-17)18-11-13-23-14-12-18/h1-14,19-20H,15H2,(H,25,26)/t19-,20+/m1/s1. The van der Waals surface area contributed by atoms with Crippen LogP contribution in [0.4, 0.5) is 0 Å². The lowest BCUT2D eigenvalue weighted by Gasteiger charge is -2.08. The lowest BCUT2D eigenvalue weighted by Crippen LogP contribution is -2.22. The van der Waals surface area contributed by atoms with Crippen molar-refractivity contribution in [2.45, 2.75) is 12.3 Å². The van der Waals surface area contributed by atoms with E-state index in [0.717, 1.165) is 23.3 Å². The summed E-state index contributed by atoms with van der Waals surface area (Å²) in [5, 5.41) is 4.44. The average Bonchev–Trinajstić information content (AvgIpc) is 3.51. The molecular weight excluding hydrogens is 322 g/mol. The highest BCUT2D eigenvalue weighted by Gasteiger charge is 2.43. The van der Waals surface area contributed by atoms with Gasteiger partial charge in [-0.3, -0.25) is 9.78 Å². The maximum Gasteiger partial charge on any atom is 0.243 e. The van der Waals surface area contributed by atoms with Crippen molar-refractivity contribution in [1.82, 2.24) is 10.4 Å². The molecule has 0 bridgehead atoms. The number of carbonyl (C=O) groups is 1. The smallest absolute Gasteiger partial charge is 0.243 e. The SMILES string of the molecule is O=C(NN=C(c1ccccc1)c1ccncc1)[C@H]1C[C@@H]1c1ccccc1. The number of rotatable bonds is 5. The zero-order valence-corrected chi connectivity index (χ0v) is 14.2. The largest absolute Gasteiger partial charge is 0.273 e. The van der Waals surface area contributed by atoms with Crippen molar-refractivity contribution < 1.29 is 4.79 Å². The van der Waals surface area contributed by atoms with E-state index in [0.29, 0.717) is 5.92 Å². The molecule has 4 heteroatoms. The van der Waals surface area contributed by atoms with Crippen LogP contribution in [0.2, 0.25) is 0 Å². The van der Waals surface area contributed by atoms with E-state index < -0.39 is 0 Å². The Morgan fingerprint density at radius 3 is 2.19 bits per heavy atom. The molecule has 2 atom stereocenters. The predicted molar refractivity (Wildman–Crippen MR) is 102 cm³/mol. The third-order valence-corrected chi connectivity index (χ3v) is 4.63. The van der Waals surface area contributed by atoms with E-state index in [1.807, 2.05) is 60.7 Å². The van der Waals surface area contributed by atoms with Crippen molar-refractivity contribution in [2.24, 2.45) is 11.0 Å². The summed E-state index contributed by atoms with van der Waals surface area (Å²) in [5.41, 5.74) is 6.59. The van der Waals surface area contributed by atoms with Crippen LogP contribution in [0.1, 0.15) is 29.0 Å². The monoisotopic (exact) mass is 341 g/mol. The average molecular weight is 341 g/mol. The van der Waals surface area contributed by atoms with Crippen LogP contribution in [-0.4, -0.2) is 16.6 Å². The van der Waals surface area contributed by atoms with Crippen LogP contribution >= 0.6 is 0 Å². The first-order chi connectivity index (χ1) is 12.8. The summed E-state index contributed by atoms with van der Waals surface area (Å²) in [6.07, 6.45) is 4.32. The van der Waals surface area contributed by atoms with E-state index >= 15 is 0 Å². The molecule has 2 aromatic carbocycles. The second kappa shape index (κ2) is 7.31. The molecule has 0 unspecified atom stereocenters. The maximum atomic E-state index is 12.5. The minimum atomic E-state index is -0.0265. The summed E-state index contributed by atoms with van der Waals surface area (Å²) in [7, 11) is 0. The fraction of sp³-hybridized carbons (Fsp3) is 0.136. The lowest BCUT2D eigenvalue weighted by atomic mass is 10.0. The molecule has 1 aromatic heterocycles. The van der Waals surface area contributed by atoms with Gasteiger partial charge in [0.1, 0.15) is 0 Å². The van der Waals surface area contributed by atoms with Crippen LogP contribution in [-0.2, 0) is 4.79 Å². The number of nitrogens with zero attached hydrogens (tertiary/aromatic N) is 2. The number of aromatic nitrogens is 1. The molecular formula is C22H19N3O. The van der Waals surface area contributed by atoms with E-state index in [-0.39, 0.29) is 11.8 Å². The molecule has 0 spiro atoms. The second-order valence-electron chi connectivity index (χ2n) is 6.40. The van der Waals surface area contributed by atoms with Crippen molar-refractivity contribution in [2.75, 3.05) is 0 Å². The quantitative estimate of drug-likeness (QED) is 0.567. The van der Waals surface area contributed by atoms with Crippen molar-refractivity contribution >= 4 is 11.6 Å². The summed E-state index contributed by atoms with van der Waals surface area (Å²) in [4.78, 5) is 16.6. The molecule has 0 aliphatic heterocycles. The highest BCUT2D eigenvalue weighted by atomic mass is 16.2. The number of pyridine rings is 1. The van der Waals surface area contributed by atoms with Gasteiger partial charge >= 0.3 is 0 Å². The van der Waals surface area contributed by atoms with E-state index in [4.69, 9.17) is 0 Å². The van der Waals surface area contributed by atoms with Crippen molar-refractivity contribution in [1.29, 1.82) is 0 Å². The van der Waals surface area contributed by atoms with E-state index in [2.05, 4.69) is 27.6 Å². The molecule has 1 aliphatic carbocycles. The summed E-state index contributed by atoms with van der Waals surface area (Å²) < 4.78 is 0. The topological polar surface area (TPSA) is 54.4 Å². The van der Waals surface area contributed by atoms with E-state index in [1.54, 1.807) is 12.4 Å². The number of nitrogens with one attached hydrogen (secondary N) is 1. The summed E-state index contributed by atoms with van der Waals surface area (Å²) in [6.45, 7) is 0. The molecule has 1 aliphatic rings. The number of hydrogen-bond donors (Lipinski definition) is 1. The van der Waals surface area contributed by atoms with Gasteiger partial charge in [-0.25, -0.2) is 5.43 Å². The third-order valence-electron chi connectivity index (χ3n) is 4.63. The molecule has 0 saturated heterocycles. The van der Waals surface area contributed by atoms with Crippen molar-refractivity contribution in [3.8, 4) is 0 Å². The Morgan fingerprint density at radius 1 is 0.885 bits per heavy atom. The molecule has 4 rings (SSSR count). The molecule has 3 aromatic rings. The second-order valence-corrected chi connectivity index (χ2v) is 6.40. The minimum Gasteiger partial charge on any atom is -0.273 e. The first-order valence-electron chi connectivity index (χ1n) is 8.71. The summed E-state index contributed by atoms with van der Waals surface area (Å²) in [6, 6.07) is 23.8. The third kappa shape index (κ3) is 3.54. The van der Waals surface area contributed by atoms with Gasteiger partial charge in [0.2, 0.25) is 5.91 Å². The van der Waals surface area contributed by atoms with Gasteiger partial charge in [-0.15, -0.1) is 0 Å². The number of benzene rings is 2. The Bertz CT molecular complexity index is 866. The van der Waals surface area contributed by atoms with Gasteiger partial charge in [0.05, 0.1) is 5.71 Å². The van der Waals surface area contributed by atoms with Gasteiger partial charge in [0, 0.05) is 29.4 Å². The lowest BCUT2D eigenvalue weighted by molar-refractivity contribution is -0.122. The van der Waals surface area contributed by atoms with Gasteiger partial charge in [-0.05, 0) is 30.0 Å². The van der Waals surface area contributed by atoms with Crippen LogP contribution < -0.4 is 5.43 Å². The van der Waals surface area contributed by atoms with Crippen LogP contribution in [0, 0.1) is 5.92 Å². The van der Waals surface area contributed by atoms with Crippen LogP contribution in [0.3, 0.4) is 0 Å². The van der Waals surface area contributed by atoms with Crippen LogP contribution in [0.5, 0.6) is 0 Å². The highest BCUT2D eigenvalue weighted by molar-refractivity contribution is 6.13. The molecule has 0 radical (unpaired) electrons. The van der Waals surface area contributed by atoms with E-state index in [1.165, 1.54) is 5.56 Å². The van der Waals surface area contributed by atoms with E-state index in [9.17, 15) is 4.79 Å². The van der Waals surface area contributed by atoms with Crippen molar-refractivity contribution in [3.63, 3.8) is 0 Å².